The first-order valence-corrected chi connectivity index (χ1v) is 10.0. The molecule has 0 spiro atoms. The number of hydrogen-bond acceptors (Lipinski definition) is 4. The van der Waals surface area contributed by atoms with Crippen LogP contribution in [-0.4, -0.2) is 22.3 Å². The van der Waals surface area contributed by atoms with Crippen LogP contribution in [-0.2, 0) is 10.2 Å². The average molecular weight is 441 g/mol. The largest absolute Gasteiger partial charge is 0.508 e. The summed E-state index contributed by atoms with van der Waals surface area (Å²) in [4.78, 5) is 12.9. The number of hydrogen-bond donors (Lipinski definition) is 3. The molecule has 1 aliphatic carbocycles. The van der Waals surface area contributed by atoms with Gasteiger partial charge in [0.1, 0.15) is 11.5 Å². The molecule has 1 aliphatic rings. The molecule has 0 aliphatic heterocycles. The molecular formula is C23H18Cl2N2O3. The lowest BCUT2D eigenvalue weighted by molar-refractivity contribution is -0.122. The highest BCUT2D eigenvalue weighted by Gasteiger charge is 2.60. The molecule has 7 heteroatoms. The third-order valence-electron chi connectivity index (χ3n) is 5.39. The van der Waals surface area contributed by atoms with Gasteiger partial charge in [-0.15, -0.1) is 0 Å². The number of carbonyl (C=O) groups excluding carboxylic acids is 1. The van der Waals surface area contributed by atoms with Gasteiger partial charge in [0.15, 0.2) is 0 Å². The van der Waals surface area contributed by atoms with Crippen LogP contribution in [0.5, 0.6) is 11.5 Å². The Bertz CT molecular complexity index is 1070. The third kappa shape index (κ3) is 3.86. The molecule has 0 radical (unpaired) electrons. The van der Waals surface area contributed by atoms with Gasteiger partial charge in [-0.25, -0.2) is 5.43 Å². The first-order chi connectivity index (χ1) is 14.4. The summed E-state index contributed by atoms with van der Waals surface area (Å²) in [6, 6.07) is 19.1. The van der Waals surface area contributed by atoms with Crippen molar-refractivity contribution < 1.29 is 15.0 Å². The Kier molecular flexibility index (Phi) is 5.41. The zero-order valence-corrected chi connectivity index (χ0v) is 17.2. The van der Waals surface area contributed by atoms with Crippen LogP contribution in [0.15, 0.2) is 71.8 Å². The Labute approximate surface area is 183 Å². The van der Waals surface area contributed by atoms with Crippen molar-refractivity contribution in [3.8, 4) is 11.5 Å². The molecule has 30 heavy (non-hydrogen) atoms. The van der Waals surface area contributed by atoms with E-state index >= 15 is 0 Å². The van der Waals surface area contributed by atoms with Gasteiger partial charge in [0.2, 0.25) is 5.91 Å². The van der Waals surface area contributed by atoms with E-state index in [0.717, 1.165) is 11.1 Å². The summed E-state index contributed by atoms with van der Waals surface area (Å²) in [5.74, 6) is -0.724. The van der Waals surface area contributed by atoms with Gasteiger partial charge in [-0.3, -0.25) is 4.79 Å². The molecule has 1 saturated carbocycles. The molecule has 1 atom stereocenters. The van der Waals surface area contributed by atoms with Crippen LogP contribution in [0.2, 0.25) is 10.0 Å². The predicted molar refractivity (Wildman–Crippen MR) is 117 cm³/mol. The highest BCUT2D eigenvalue weighted by atomic mass is 35.5. The summed E-state index contributed by atoms with van der Waals surface area (Å²) in [5, 5.41) is 24.4. The molecule has 0 heterocycles. The normalized spacial score (nSPS) is 17.1. The zero-order chi connectivity index (χ0) is 21.3. The summed E-state index contributed by atoms with van der Waals surface area (Å²) in [7, 11) is 0. The van der Waals surface area contributed by atoms with Gasteiger partial charge in [-0.1, -0.05) is 47.5 Å². The van der Waals surface area contributed by atoms with Gasteiger partial charge in [0.25, 0.3) is 0 Å². The van der Waals surface area contributed by atoms with E-state index in [1.807, 2.05) is 48.5 Å². The van der Waals surface area contributed by atoms with Crippen LogP contribution in [0.25, 0.3) is 0 Å². The third-order valence-corrected chi connectivity index (χ3v) is 5.89. The molecule has 0 saturated heterocycles. The van der Waals surface area contributed by atoms with Crippen molar-refractivity contribution in [3.63, 3.8) is 0 Å². The first-order valence-electron chi connectivity index (χ1n) is 9.27. The maximum Gasteiger partial charge on any atom is 0.244 e. The highest BCUT2D eigenvalue weighted by Crippen LogP contribution is 2.59. The molecule has 152 valence electrons. The number of phenols is 2. The van der Waals surface area contributed by atoms with Gasteiger partial charge in [-0.2, -0.15) is 5.10 Å². The van der Waals surface area contributed by atoms with Crippen LogP contribution in [0, 0.1) is 5.92 Å². The SMILES string of the molecule is O=C(NN=Cc1ccc(O)cc1O)C1CC1(c1ccc(Cl)cc1)c1ccc(Cl)cc1. The number of hydrazone groups is 1. The summed E-state index contributed by atoms with van der Waals surface area (Å²) in [6.45, 7) is 0. The van der Waals surface area contributed by atoms with Crippen molar-refractivity contribution in [1.29, 1.82) is 0 Å². The Hall–Kier alpha value is -3.02. The number of carbonyl (C=O) groups is 1. The second-order valence-electron chi connectivity index (χ2n) is 7.22. The fraction of sp³-hybridized carbons (Fsp3) is 0.130. The molecule has 1 amide bonds. The summed E-state index contributed by atoms with van der Waals surface area (Å²) < 4.78 is 0. The number of amides is 1. The van der Waals surface area contributed by atoms with E-state index in [0.29, 0.717) is 22.0 Å². The number of phenolic OH excluding ortho intramolecular Hbond substituents is 2. The molecular weight excluding hydrogens is 423 g/mol. The van der Waals surface area contributed by atoms with E-state index in [4.69, 9.17) is 23.2 Å². The molecule has 0 bridgehead atoms. The van der Waals surface area contributed by atoms with E-state index < -0.39 is 5.41 Å². The number of nitrogens with one attached hydrogen (secondary N) is 1. The Morgan fingerprint density at radius 3 is 2.07 bits per heavy atom. The average Bonchev–Trinajstić information content (AvgIpc) is 3.47. The minimum Gasteiger partial charge on any atom is -0.508 e. The number of nitrogens with zero attached hydrogens (tertiary/aromatic N) is 1. The van der Waals surface area contributed by atoms with Gasteiger partial charge in [0, 0.05) is 27.1 Å². The van der Waals surface area contributed by atoms with Crippen molar-refractivity contribution in [1.82, 2.24) is 5.43 Å². The molecule has 3 N–H and O–H groups in total. The lowest BCUT2D eigenvalue weighted by Gasteiger charge is -2.19. The quantitative estimate of drug-likeness (QED) is 0.391. The summed E-state index contributed by atoms with van der Waals surface area (Å²) >= 11 is 12.1. The van der Waals surface area contributed by atoms with Gasteiger partial charge in [-0.05, 0) is 53.9 Å². The number of rotatable bonds is 5. The van der Waals surface area contributed by atoms with Crippen molar-refractivity contribution >= 4 is 35.3 Å². The number of aromatic hydroxyl groups is 2. The molecule has 4 rings (SSSR count). The Morgan fingerprint density at radius 2 is 1.53 bits per heavy atom. The lowest BCUT2D eigenvalue weighted by atomic mass is 9.85. The van der Waals surface area contributed by atoms with E-state index in [1.54, 1.807) is 0 Å². The van der Waals surface area contributed by atoms with Gasteiger partial charge >= 0.3 is 0 Å². The minimum absolute atomic E-state index is 0.0534. The number of benzene rings is 3. The predicted octanol–water partition coefficient (Wildman–Crippen LogP) is 4.86. The smallest absolute Gasteiger partial charge is 0.244 e. The van der Waals surface area contributed by atoms with E-state index in [1.165, 1.54) is 24.4 Å². The molecule has 1 unspecified atom stereocenters. The monoisotopic (exact) mass is 440 g/mol. The molecule has 3 aromatic carbocycles. The van der Waals surface area contributed by atoms with Crippen LogP contribution >= 0.6 is 23.2 Å². The van der Waals surface area contributed by atoms with Crippen molar-refractivity contribution in [2.45, 2.75) is 11.8 Å². The zero-order valence-electron chi connectivity index (χ0n) is 15.7. The van der Waals surface area contributed by atoms with Crippen LogP contribution in [0.4, 0.5) is 0 Å². The van der Waals surface area contributed by atoms with Crippen LogP contribution in [0.3, 0.4) is 0 Å². The summed E-state index contributed by atoms with van der Waals surface area (Å²) in [6.07, 6.45) is 1.96. The second-order valence-corrected chi connectivity index (χ2v) is 8.09. The molecule has 1 fully saturated rings. The fourth-order valence-electron chi connectivity index (χ4n) is 3.76. The Balaban J connectivity index is 1.57. The number of halogens is 2. The molecule has 5 nitrogen and oxygen atoms in total. The topological polar surface area (TPSA) is 81.9 Å². The van der Waals surface area contributed by atoms with E-state index in [2.05, 4.69) is 10.5 Å². The standard InChI is InChI=1S/C23H18Cl2N2O3/c24-17-6-2-15(3-7-17)23(16-4-8-18(25)9-5-16)12-20(23)22(30)27-26-13-14-1-10-19(28)11-21(14)29/h1-11,13,20,28-29H,12H2,(H,27,30). The molecule has 0 aromatic heterocycles. The highest BCUT2D eigenvalue weighted by molar-refractivity contribution is 6.30. The van der Waals surface area contributed by atoms with Gasteiger partial charge in [0.05, 0.1) is 12.1 Å². The lowest BCUT2D eigenvalue weighted by Crippen LogP contribution is -2.25. The van der Waals surface area contributed by atoms with Crippen molar-refractivity contribution in [3.05, 3.63) is 93.5 Å². The molecule has 3 aromatic rings. The fourth-order valence-corrected chi connectivity index (χ4v) is 4.02. The van der Waals surface area contributed by atoms with Gasteiger partial charge < -0.3 is 10.2 Å². The first kappa shape index (κ1) is 20.3. The van der Waals surface area contributed by atoms with Crippen LogP contribution < -0.4 is 5.43 Å². The Morgan fingerprint density at radius 1 is 0.967 bits per heavy atom. The van der Waals surface area contributed by atoms with Crippen LogP contribution in [0.1, 0.15) is 23.1 Å². The summed E-state index contributed by atoms with van der Waals surface area (Å²) in [5.41, 5.74) is 4.45. The second kappa shape index (κ2) is 8.01. The van der Waals surface area contributed by atoms with Crippen molar-refractivity contribution in [2.75, 3.05) is 0 Å². The maximum absolute atomic E-state index is 12.9. The van der Waals surface area contributed by atoms with E-state index in [9.17, 15) is 15.0 Å². The van der Waals surface area contributed by atoms with Crippen molar-refractivity contribution in [2.24, 2.45) is 11.0 Å². The minimum atomic E-state index is -0.477. The maximum atomic E-state index is 12.9. The van der Waals surface area contributed by atoms with E-state index in [-0.39, 0.29) is 23.3 Å².